The predicted octanol–water partition coefficient (Wildman–Crippen LogP) is 3.94. The molecule has 1 N–H and O–H groups in total. The maximum Gasteiger partial charge on any atom is 0.416 e. The van der Waals surface area contributed by atoms with Crippen molar-refractivity contribution in [2.45, 2.75) is 39.0 Å². The molecule has 0 amide bonds. The van der Waals surface area contributed by atoms with Gasteiger partial charge in [-0.3, -0.25) is 0 Å². The highest BCUT2D eigenvalue weighted by molar-refractivity contribution is 5.32. The summed E-state index contributed by atoms with van der Waals surface area (Å²) < 4.78 is 39.1. The summed E-state index contributed by atoms with van der Waals surface area (Å²) in [5.41, 5.74) is -0.262. The van der Waals surface area contributed by atoms with Crippen molar-refractivity contribution < 1.29 is 13.2 Å². The van der Waals surface area contributed by atoms with Gasteiger partial charge in [0.15, 0.2) is 0 Å². The van der Waals surface area contributed by atoms with Crippen LogP contribution in [-0.4, -0.2) is 31.6 Å². The number of nitrogens with one attached hydrogen (secondary N) is 1. The van der Waals surface area contributed by atoms with Crippen LogP contribution in [0.3, 0.4) is 0 Å². The molecular weight excluding hydrogens is 277 g/mol. The maximum atomic E-state index is 13.0. The molecule has 0 aliphatic rings. The minimum absolute atomic E-state index is 0.283. The number of rotatable bonds is 6. The lowest BCUT2D eigenvalue weighted by Crippen LogP contribution is -2.42. The molecule has 0 saturated heterocycles. The van der Waals surface area contributed by atoms with Crippen molar-refractivity contribution in [3.8, 4) is 0 Å². The van der Waals surface area contributed by atoms with Crippen LogP contribution in [0.25, 0.3) is 0 Å². The summed E-state index contributed by atoms with van der Waals surface area (Å²) in [6.45, 7) is 6.65. The van der Waals surface area contributed by atoms with E-state index in [0.717, 1.165) is 6.07 Å². The smallest absolute Gasteiger partial charge is 0.309 e. The van der Waals surface area contributed by atoms with E-state index < -0.39 is 11.7 Å². The first-order valence-electron chi connectivity index (χ1n) is 7.20. The summed E-state index contributed by atoms with van der Waals surface area (Å²) in [7, 11) is 3.97. The largest absolute Gasteiger partial charge is 0.416 e. The third kappa shape index (κ3) is 5.00. The van der Waals surface area contributed by atoms with Gasteiger partial charge in [0.05, 0.1) is 5.56 Å². The van der Waals surface area contributed by atoms with Crippen molar-refractivity contribution in [3.05, 3.63) is 35.4 Å². The fourth-order valence-corrected chi connectivity index (χ4v) is 2.55. The van der Waals surface area contributed by atoms with Crippen LogP contribution in [0, 0.1) is 5.92 Å². The van der Waals surface area contributed by atoms with Crippen LogP contribution in [0.5, 0.6) is 0 Å². The lowest BCUT2D eigenvalue weighted by molar-refractivity contribution is -0.138. The van der Waals surface area contributed by atoms with Gasteiger partial charge in [0.2, 0.25) is 0 Å². The first-order chi connectivity index (χ1) is 9.64. The average molecular weight is 302 g/mol. The zero-order valence-corrected chi connectivity index (χ0v) is 13.3. The molecule has 5 heteroatoms. The predicted molar refractivity (Wildman–Crippen MR) is 80.2 cm³/mol. The third-order valence-electron chi connectivity index (χ3n) is 3.80. The van der Waals surface area contributed by atoms with Gasteiger partial charge in [-0.2, -0.15) is 13.2 Å². The molecule has 1 aromatic rings. The first kappa shape index (κ1) is 18.0. The van der Waals surface area contributed by atoms with Gasteiger partial charge in [-0.15, -0.1) is 0 Å². The molecule has 0 aliphatic carbocycles. The third-order valence-corrected chi connectivity index (χ3v) is 3.80. The van der Waals surface area contributed by atoms with Crippen LogP contribution in [0.4, 0.5) is 13.2 Å². The molecule has 1 aromatic carbocycles. The Balaban J connectivity index is 2.83. The van der Waals surface area contributed by atoms with E-state index >= 15 is 0 Å². The Morgan fingerprint density at radius 2 is 1.67 bits per heavy atom. The molecule has 0 saturated carbocycles. The summed E-state index contributed by atoms with van der Waals surface area (Å²) in [6, 6.07) is 5.69. The summed E-state index contributed by atoms with van der Waals surface area (Å²) in [5.74, 6) is 0.428. The number of benzene rings is 1. The Kier molecular flexibility index (Phi) is 6.23. The van der Waals surface area contributed by atoms with Gasteiger partial charge in [-0.05, 0) is 38.6 Å². The first-order valence-corrected chi connectivity index (χ1v) is 7.20. The second-order valence-electron chi connectivity index (χ2n) is 5.99. The number of hydrogen-bond acceptors (Lipinski definition) is 2. The molecule has 2 atom stereocenters. The van der Waals surface area contributed by atoms with Gasteiger partial charge in [-0.25, -0.2) is 0 Å². The van der Waals surface area contributed by atoms with E-state index in [2.05, 4.69) is 24.1 Å². The minimum Gasteiger partial charge on any atom is -0.309 e. The number of hydrogen-bond donors (Lipinski definition) is 1. The van der Waals surface area contributed by atoms with E-state index in [1.54, 1.807) is 19.1 Å². The van der Waals surface area contributed by atoms with Gasteiger partial charge in [-0.1, -0.05) is 32.0 Å². The van der Waals surface area contributed by atoms with E-state index in [4.69, 9.17) is 0 Å². The van der Waals surface area contributed by atoms with Gasteiger partial charge >= 0.3 is 6.18 Å². The van der Waals surface area contributed by atoms with Gasteiger partial charge in [0, 0.05) is 18.6 Å². The van der Waals surface area contributed by atoms with Gasteiger partial charge < -0.3 is 10.2 Å². The Bertz CT molecular complexity index is 433. The molecule has 120 valence electrons. The molecule has 0 aliphatic heterocycles. The molecule has 2 unspecified atom stereocenters. The molecular formula is C16H25F3N2. The van der Waals surface area contributed by atoms with Crippen molar-refractivity contribution in [2.75, 3.05) is 20.6 Å². The Hall–Kier alpha value is -1.07. The molecule has 0 heterocycles. The van der Waals surface area contributed by atoms with Crippen molar-refractivity contribution >= 4 is 0 Å². The zero-order valence-electron chi connectivity index (χ0n) is 13.3. The SMILES string of the molecule is CC(NCC(C(C)C)N(C)C)c1ccccc1C(F)(F)F. The molecule has 0 radical (unpaired) electrons. The van der Waals surface area contributed by atoms with Crippen LogP contribution < -0.4 is 5.32 Å². The summed E-state index contributed by atoms with van der Waals surface area (Å²) >= 11 is 0. The van der Waals surface area contributed by atoms with E-state index in [-0.39, 0.29) is 12.1 Å². The molecule has 0 aromatic heterocycles. The van der Waals surface area contributed by atoms with Crippen molar-refractivity contribution in [2.24, 2.45) is 5.92 Å². The van der Waals surface area contributed by atoms with Crippen LogP contribution >= 0.6 is 0 Å². The van der Waals surface area contributed by atoms with E-state index in [0.29, 0.717) is 18.0 Å². The van der Waals surface area contributed by atoms with Crippen molar-refractivity contribution in [1.82, 2.24) is 10.2 Å². The average Bonchev–Trinajstić information content (AvgIpc) is 2.36. The van der Waals surface area contributed by atoms with E-state index in [9.17, 15) is 13.2 Å². The molecule has 21 heavy (non-hydrogen) atoms. The summed E-state index contributed by atoms with van der Waals surface area (Å²) in [4.78, 5) is 2.10. The van der Waals surface area contributed by atoms with E-state index in [1.165, 1.54) is 6.07 Å². The van der Waals surface area contributed by atoms with Gasteiger partial charge in [0.1, 0.15) is 0 Å². The Morgan fingerprint density at radius 3 is 2.14 bits per heavy atom. The highest BCUT2D eigenvalue weighted by atomic mass is 19.4. The van der Waals surface area contributed by atoms with Crippen LogP contribution in [0.15, 0.2) is 24.3 Å². The van der Waals surface area contributed by atoms with Crippen molar-refractivity contribution in [3.63, 3.8) is 0 Å². The van der Waals surface area contributed by atoms with Crippen LogP contribution in [-0.2, 0) is 6.18 Å². The second-order valence-corrected chi connectivity index (χ2v) is 5.99. The quantitative estimate of drug-likeness (QED) is 0.856. The van der Waals surface area contributed by atoms with Crippen LogP contribution in [0.1, 0.15) is 37.9 Å². The highest BCUT2D eigenvalue weighted by Gasteiger charge is 2.34. The second kappa shape index (κ2) is 7.27. The van der Waals surface area contributed by atoms with E-state index in [1.807, 2.05) is 14.1 Å². The summed E-state index contributed by atoms with van der Waals surface area (Å²) in [5, 5.41) is 3.23. The normalized spacial score (nSPS) is 15.5. The fraction of sp³-hybridized carbons (Fsp3) is 0.625. The standard InChI is InChI=1S/C16H25F3N2/c1-11(2)15(21(4)5)10-20-12(3)13-8-6-7-9-14(13)16(17,18)19/h6-9,11-12,15,20H,10H2,1-5H3. The topological polar surface area (TPSA) is 15.3 Å². The highest BCUT2D eigenvalue weighted by Crippen LogP contribution is 2.34. The zero-order chi connectivity index (χ0) is 16.2. The monoisotopic (exact) mass is 302 g/mol. The fourth-order valence-electron chi connectivity index (χ4n) is 2.55. The van der Waals surface area contributed by atoms with Crippen LogP contribution in [0.2, 0.25) is 0 Å². The number of alkyl halides is 3. The summed E-state index contributed by atoms with van der Waals surface area (Å²) in [6.07, 6.45) is -4.31. The molecule has 0 bridgehead atoms. The molecule has 2 nitrogen and oxygen atoms in total. The molecule has 0 spiro atoms. The lowest BCUT2D eigenvalue weighted by atomic mass is 9.99. The van der Waals surface area contributed by atoms with Gasteiger partial charge in [0.25, 0.3) is 0 Å². The lowest BCUT2D eigenvalue weighted by Gasteiger charge is -2.30. The Labute approximate surface area is 125 Å². The molecule has 0 fully saturated rings. The molecule has 1 rings (SSSR count). The number of nitrogens with zero attached hydrogens (tertiary/aromatic N) is 1. The number of likely N-dealkylation sites (N-methyl/N-ethyl adjacent to an activating group) is 1. The van der Waals surface area contributed by atoms with Crippen molar-refractivity contribution in [1.29, 1.82) is 0 Å². The maximum absolute atomic E-state index is 13.0. The minimum atomic E-state index is -4.31. The number of halogens is 3. The Morgan fingerprint density at radius 1 is 1.10 bits per heavy atom.